The minimum Gasteiger partial charge on any atom is -0.443 e. The number of alkyl carbamates (subject to hydrolysis) is 1. The number of nitrogens with zero attached hydrogens (tertiary/aromatic N) is 4. The predicted octanol–water partition coefficient (Wildman–Crippen LogP) is 3.96. The molecule has 10 nitrogen and oxygen atoms in total. The molecule has 14 heteroatoms. The first-order valence-electron chi connectivity index (χ1n) is 11.2. The van der Waals surface area contributed by atoms with E-state index in [4.69, 9.17) is 4.74 Å². The molecule has 2 bridgehead atoms. The van der Waals surface area contributed by atoms with E-state index in [9.17, 15) is 18.0 Å². The zero-order valence-corrected chi connectivity index (χ0v) is 18.2. The van der Waals surface area contributed by atoms with Crippen LogP contribution in [0.4, 0.5) is 34.0 Å². The summed E-state index contributed by atoms with van der Waals surface area (Å²) in [6, 6.07) is 2.68. The van der Waals surface area contributed by atoms with Gasteiger partial charge in [-0.05, 0) is 38.0 Å². The maximum atomic E-state index is 15.1. The molecule has 0 radical (unpaired) electrons. The number of amides is 1. The van der Waals surface area contributed by atoms with Crippen molar-refractivity contribution in [3.8, 4) is 5.88 Å². The third-order valence-electron chi connectivity index (χ3n) is 7.00. The van der Waals surface area contributed by atoms with Gasteiger partial charge in [0.15, 0.2) is 11.6 Å². The highest BCUT2D eigenvalue weighted by atomic mass is 19.4. The summed E-state index contributed by atoms with van der Waals surface area (Å²) in [5, 5.41) is 16.4. The van der Waals surface area contributed by atoms with Crippen molar-refractivity contribution in [2.75, 3.05) is 5.32 Å². The first kappa shape index (κ1) is 21.9. The van der Waals surface area contributed by atoms with Crippen LogP contribution in [0.1, 0.15) is 43.7 Å². The van der Waals surface area contributed by atoms with Crippen molar-refractivity contribution in [3.63, 3.8) is 0 Å². The van der Waals surface area contributed by atoms with Crippen molar-refractivity contribution < 1.29 is 31.8 Å². The third kappa shape index (κ3) is 4.10. The molecule has 4 fully saturated rings. The second kappa shape index (κ2) is 7.71. The number of carbonyl (C=O) groups is 1. The van der Waals surface area contributed by atoms with Gasteiger partial charge in [-0.1, -0.05) is 0 Å². The van der Waals surface area contributed by atoms with Crippen molar-refractivity contribution >= 4 is 23.2 Å². The number of carbonyl (C=O) groups excluding carboxylic acids is 1. The normalized spacial score (nSPS) is 29.4. The van der Waals surface area contributed by atoms with E-state index in [-0.39, 0.29) is 22.7 Å². The van der Waals surface area contributed by atoms with Crippen molar-refractivity contribution in [2.45, 2.75) is 62.2 Å². The second-order valence-electron chi connectivity index (χ2n) is 9.43. The van der Waals surface area contributed by atoms with Gasteiger partial charge in [-0.15, -0.1) is 18.3 Å². The zero-order valence-electron chi connectivity index (χ0n) is 18.2. The van der Waals surface area contributed by atoms with E-state index < -0.39 is 36.5 Å². The Kier molecular flexibility index (Phi) is 4.83. The van der Waals surface area contributed by atoms with Crippen LogP contribution < -0.4 is 15.4 Å². The number of nitrogens with one attached hydrogen (secondary N) is 3. The van der Waals surface area contributed by atoms with Crippen LogP contribution in [0, 0.1) is 5.92 Å². The standard InChI is InChI=1S/C21H21F4N7O3/c22-17-11(1-2-14(17)34-19(33)28-20-7-10(8-20)9-20)12-5-15(30-29-12)27-18-13-6-16(35-21(23,24)25)31-32(13)4-3-26-18/h3-6,10-11,14,17H,1-2,7-9H2,(H,28,33)(H2,26,27,29,30)/t10?,11-,14-,17-,20?/m1/s1. The SMILES string of the molecule is O=C(NC12CC(C1)C2)O[C@@H]1CC[C@H](c2cc(Nc3nccn4nc(OC(F)(F)F)cc34)n[nH]2)[C@H]1F. The van der Waals surface area contributed by atoms with Crippen LogP contribution in [-0.4, -0.2) is 55.1 Å². The highest BCUT2D eigenvalue weighted by Crippen LogP contribution is 2.57. The summed E-state index contributed by atoms with van der Waals surface area (Å²) < 4.78 is 63.1. The molecule has 0 unspecified atom stereocenters. The number of hydrogen-bond donors (Lipinski definition) is 3. The number of aromatic nitrogens is 5. The highest BCUT2D eigenvalue weighted by Gasteiger charge is 2.58. The van der Waals surface area contributed by atoms with E-state index in [2.05, 4.69) is 35.7 Å². The number of ether oxygens (including phenoxy) is 2. The summed E-state index contributed by atoms with van der Waals surface area (Å²) in [6.07, 6.45) is -1.22. The Morgan fingerprint density at radius 2 is 2.03 bits per heavy atom. The molecule has 3 heterocycles. The van der Waals surface area contributed by atoms with Gasteiger partial charge in [-0.25, -0.2) is 18.7 Å². The van der Waals surface area contributed by atoms with Crippen molar-refractivity contribution in [2.24, 2.45) is 5.92 Å². The molecule has 4 aliphatic rings. The van der Waals surface area contributed by atoms with Crippen molar-refractivity contribution in [1.82, 2.24) is 30.1 Å². The first-order valence-corrected chi connectivity index (χ1v) is 11.2. The second-order valence-corrected chi connectivity index (χ2v) is 9.43. The Morgan fingerprint density at radius 1 is 1.23 bits per heavy atom. The molecule has 3 aromatic heterocycles. The molecule has 7 rings (SSSR count). The Balaban J connectivity index is 1.11. The smallest absolute Gasteiger partial charge is 0.443 e. The molecule has 1 amide bonds. The fourth-order valence-corrected chi connectivity index (χ4v) is 5.26. The van der Waals surface area contributed by atoms with Crippen molar-refractivity contribution in [3.05, 3.63) is 30.2 Å². The molecule has 186 valence electrons. The molecule has 0 aliphatic heterocycles. The summed E-state index contributed by atoms with van der Waals surface area (Å²) in [6.45, 7) is 0. The lowest BCUT2D eigenvalue weighted by molar-refractivity contribution is -0.276. The molecule has 4 aliphatic carbocycles. The van der Waals surface area contributed by atoms with Gasteiger partial charge in [0.2, 0.25) is 5.88 Å². The molecule has 3 aromatic rings. The van der Waals surface area contributed by atoms with E-state index in [1.807, 2.05) is 0 Å². The minimum atomic E-state index is -4.88. The van der Waals surface area contributed by atoms with Crippen LogP contribution in [0.5, 0.6) is 5.88 Å². The van der Waals surface area contributed by atoms with Crippen LogP contribution in [-0.2, 0) is 4.74 Å². The van der Waals surface area contributed by atoms with E-state index in [0.29, 0.717) is 24.5 Å². The number of fused-ring (bicyclic) bond motifs is 1. The number of rotatable bonds is 6. The largest absolute Gasteiger partial charge is 0.574 e. The predicted molar refractivity (Wildman–Crippen MR) is 112 cm³/mol. The van der Waals surface area contributed by atoms with Crippen LogP contribution >= 0.6 is 0 Å². The van der Waals surface area contributed by atoms with E-state index >= 15 is 4.39 Å². The molecular weight excluding hydrogens is 474 g/mol. The van der Waals surface area contributed by atoms with E-state index in [0.717, 1.165) is 25.3 Å². The third-order valence-corrected chi connectivity index (χ3v) is 7.00. The molecule has 4 saturated carbocycles. The molecule has 3 atom stereocenters. The number of aromatic amines is 1. The quantitative estimate of drug-likeness (QED) is 0.443. The molecule has 3 N–H and O–H groups in total. The van der Waals surface area contributed by atoms with Crippen LogP contribution in [0.25, 0.3) is 5.52 Å². The number of hydrogen-bond acceptors (Lipinski definition) is 7. The number of anilines is 2. The Bertz CT molecular complexity index is 1260. The van der Waals surface area contributed by atoms with E-state index in [1.165, 1.54) is 16.9 Å². The molecule has 0 saturated heterocycles. The average Bonchev–Trinajstić information content (AvgIpc) is 3.42. The summed E-state index contributed by atoms with van der Waals surface area (Å²) in [5.41, 5.74) is 0.595. The lowest BCUT2D eigenvalue weighted by atomic mass is 9.50. The van der Waals surface area contributed by atoms with Gasteiger partial charge in [0.05, 0.1) is 0 Å². The average molecular weight is 495 g/mol. The van der Waals surface area contributed by atoms with Gasteiger partial charge in [0.25, 0.3) is 0 Å². The first-order chi connectivity index (χ1) is 16.7. The Morgan fingerprint density at radius 3 is 2.74 bits per heavy atom. The fraction of sp³-hybridized carbons (Fsp3) is 0.524. The lowest BCUT2D eigenvalue weighted by Gasteiger charge is -2.61. The van der Waals surface area contributed by atoms with Gasteiger partial charge in [0.1, 0.15) is 17.8 Å². The highest BCUT2D eigenvalue weighted by molar-refractivity contribution is 5.73. The molecule has 35 heavy (non-hydrogen) atoms. The number of alkyl halides is 4. The van der Waals surface area contributed by atoms with Gasteiger partial charge in [0, 0.05) is 41.7 Å². The van der Waals surface area contributed by atoms with Crippen LogP contribution in [0.3, 0.4) is 0 Å². The maximum absolute atomic E-state index is 15.1. The zero-order chi connectivity index (χ0) is 24.4. The van der Waals surface area contributed by atoms with Crippen LogP contribution in [0.2, 0.25) is 0 Å². The summed E-state index contributed by atoms with van der Waals surface area (Å²) in [7, 11) is 0. The summed E-state index contributed by atoms with van der Waals surface area (Å²) in [4.78, 5) is 16.3. The Hall–Kier alpha value is -3.58. The topological polar surface area (TPSA) is 118 Å². The fourth-order valence-electron chi connectivity index (χ4n) is 5.26. The van der Waals surface area contributed by atoms with E-state index in [1.54, 1.807) is 6.07 Å². The molecule has 0 spiro atoms. The summed E-state index contributed by atoms with van der Waals surface area (Å²) in [5.74, 6) is 0.000378. The minimum absolute atomic E-state index is 0.137. The maximum Gasteiger partial charge on any atom is 0.574 e. The van der Waals surface area contributed by atoms with Crippen molar-refractivity contribution in [1.29, 1.82) is 0 Å². The van der Waals surface area contributed by atoms with Gasteiger partial charge < -0.3 is 20.1 Å². The molecule has 0 aromatic carbocycles. The van der Waals surface area contributed by atoms with Gasteiger partial charge in [-0.3, -0.25) is 5.10 Å². The lowest BCUT2D eigenvalue weighted by Crippen LogP contribution is -2.68. The Labute approximate surface area is 195 Å². The number of halogens is 4. The van der Waals surface area contributed by atoms with Gasteiger partial charge in [-0.2, -0.15) is 5.10 Å². The monoisotopic (exact) mass is 495 g/mol. The summed E-state index contributed by atoms with van der Waals surface area (Å²) >= 11 is 0. The number of H-pyrrole nitrogens is 1. The van der Waals surface area contributed by atoms with Crippen LogP contribution in [0.15, 0.2) is 24.5 Å². The van der Waals surface area contributed by atoms with Gasteiger partial charge >= 0.3 is 12.5 Å². The molecular formula is C21H21F4N7O3.